The highest BCUT2D eigenvalue weighted by molar-refractivity contribution is 5.98. The van der Waals surface area contributed by atoms with Crippen LogP contribution in [0.1, 0.15) is 27.0 Å². The van der Waals surface area contributed by atoms with E-state index in [1.54, 1.807) is 12.1 Å². The number of nitro groups is 1. The van der Waals surface area contributed by atoms with Gasteiger partial charge < -0.3 is 10.6 Å². The van der Waals surface area contributed by atoms with E-state index in [2.05, 4.69) is 5.16 Å². The van der Waals surface area contributed by atoms with E-state index in [1.807, 2.05) is 19.9 Å². The minimum absolute atomic E-state index is 0.0444. The molecular formula is C16H15N3O4. The Morgan fingerprint density at radius 3 is 2.26 bits per heavy atom. The Labute approximate surface area is 132 Å². The minimum Gasteiger partial charge on any atom is -0.380 e. The first-order chi connectivity index (χ1) is 10.9. The van der Waals surface area contributed by atoms with Crippen LogP contribution in [0.5, 0.6) is 0 Å². The third kappa shape index (κ3) is 3.91. The molecule has 2 rings (SSSR count). The van der Waals surface area contributed by atoms with Crippen LogP contribution in [0.3, 0.4) is 0 Å². The van der Waals surface area contributed by atoms with Gasteiger partial charge in [0.15, 0.2) is 5.84 Å². The fourth-order valence-electron chi connectivity index (χ4n) is 1.82. The second-order valence-corrected chi connectivity index (χ2v) is 4.96. The molecule has 2 aromatic rings. The number of amidine groups is 1. The molecule has 118 valence electrons. The number of hydrogen-bond acceptors (Lipinski definition) is 5. The second kappa shape index (κ2) is 6.69. The van der Waals surface area contributed by atoms with Gasteiger partial charge in [0.1, 0.15) is 0 Å². The van der Waals surface area contributed by atoms with Crippen LogP contribution >= 0.6 is 0 Å². The van der Waals surface area contributed by atoms with Crippen molar-refractivity contribution in [3.8, 4) is 0 Å². The van der Waals surface area contributed by atoms with E-state index in [9.17, 15) is 14.9 Å². The third-order valence-corrected chi connectivity index (χ3v) is 3.34. The number of non-ortho nitro benzene ring substituents is 1. The highest BCUT2D eigenvalue weighted by Crippen LogP contribution is 2.13. The van der Waals surface area contributed by atoms with E-state index in [-0.39, 0.29) is 11.5 Å². The number of nitrogens with two attached hydrogens (primary N) is 1. The van der Waals surface area contributed by atoms with Crippen LogP contribution in [0.25, 0.3) is 0 Å². The topological polar surface area (TPSA) is 108 Å². The number of nitro benzene ring substituents is 1. The molecule has 7 heteroatoms. The molecule has 0 heterocycles. The van der Waals surface area contributed by atoms with E-state index in [1.165, 1.54) is 24.3 Å². The highest BCUT2D eigenvalue weighted by Gasteiger charge is 2.10. The van der Waals surface area contributed by atoms with Gasteiger partial charge in [-0.05, 0) is 49.2 Å². The van der Waals surface area contributed by atoms with Gasteiger partial charge in [-0.25, -0.2) is 4.79 Å². The molecule has 0 atom stereocenters. The molecule has 0 aliphatic carbocycles. The molecule has 0 spiro atoms. The number of aryl methyl sites for hydroxylation is 2. The molecule has 7 nitrogen and oxygen atoms in total. The molecule has 0 unspecified atom stereocenters. The van der Waals surface area contributed by atoms with Crippen molar-refractivity contribution in [3.63, 3.8) is 0 Å². The standard InChI is InChI=1S/C16H15N3O4/c1-10-3-4-13(9-11(10)2)16(20)23-18-15(17)12-5-7-14(8-6-12)19(21)22/h3-9H,1-2H3,(H2,17,18). The van der Waals surface area contributed by atoms with E-state index in [4.69, 9.17) is 10.6 Å². The summed E-state index contributed by atoms with van der Waals surface area (Å²) in [5, 5.41) is 14.2. The van der Waals surface area contributed by atoms with E-state index >= 15 is 0 Å². The SMILES string of the molecule is Cc1ccc(C(=O)ON=C(N)c2ccc([N+](=O)[O-])cc2)cc1C. The molecule has 2 N–H and O–H groups in total. The number of benzene rings is 2. The highest BCUT2D eigenvalue weighted by atomic mass is 16.7. The zero-order valence-electron chi connectivity index (χ0n) is 12.6. The van der Waals surface area contributed by atoms with Gasteiger partial charge in [0.25, 0.3) is 5.69 Å². The van der Waals surface area contributed by atoms with Crippen LogP contribution in [-0.4, -0.2) is 16.7 Å². The average molecular weight is 313 g/mol. The lowest BCUT2D eigenvalue weighted by molar-refractivity contribution is -0.384. The van der Waals surface area contributed by atoms with Crippen LogP contribution in [0.4, 0.5) is 5.69 Å². The molecule has 0 aromatic heterocycles. The fourth-order valence-corrected chi connectivity index (χ4v) is 1.82. The van der Waals surface area contributed by atoms with Crippen LogP contribution in [0.15, 0.2) is 47.6 Å². The van der Waals surface area contributed by atoms with Crippen molar-refractivity contribution in [2.75, 3.05) is 0 Å². The summed E-state index contributed by atoms with van der Waals surface area (Å²) in [5.74, 6) is -0.671. The quantitative estimate of drug-likeness (QED) is 0.307. The van der Waals surface area contributed by atoms with Crippen molar-refractivity contribution in [1.29, 1.82) is 0 Å². The average Bonchev–Trinajstić information content (AvgIpc) is 2.54. The molecule has 0 bridgehead atoms. The zero-order chi connectivity index (χ0) is 17.0. The predicted octanol–water partition coefficient (Wildman–Crippen LogP) is 2.69. The normalized spacial score (nSPS) is 11.1. The maximum atomic E-state index is 11.9. The Kier molecular flexibility index (Phi) is 4.70. The van der Waals surface area contributed by atoms with Gasteiger partial charge in [-0.1, -0.05) is 11.2 Å². The minimum atomic E-state index is -0.627. The van der Waals surface area contributed by atoms with E-state index in [0.29, 0.717) is 11.1 Å². The largest absolute Gasteiger partial charge is 0.380 e. The maximum absolute atomic E-state index is 11.9. The zero-order valence-corrected chi connectivity index (χ0v) is 12.6. The molecule has 0 amide bonds. The molecule has 0 radical (unpaired) electrons. The fraction of sp³-hybridized carbons (Fsp3) is 0.125. The number of carbonyl (C=O) groups is 1. The Morgan fingerprint density at radius 1 is 1.09 bits per heavy atom. The molecule has 0 saturated carbocycles. The summed E-state index contributed by atoms with van der Waals surface area (Å²) in [6.45, 7) is 3.83. The van der Waals surface area contributed by atoms with Crippen LogP contribution in [-0.2, 0) is 4.84 Å². The van der Waals surface area contributed by atoms with E-state index in [0.717, 1.165) is 11.1 Å². The lowest BCUT2D eigenvalue weighted by atomic mass is 10.1. The number of rotatable bonds is 4. The Balaban J connectivity index is 2.10. The lowest BCUT2D eigenvalue weighted by Gasteiger charge is -2.04. The van der Waals surface area contributed by atoms with Crippen molar-refractivity contribution < 1.29 is 14.6 Å². The van der Waals surface area contributed by atoms with Gasteiger partial charge in [-0.3, -0.25) is 10.1 Å². The van der Waals surface area contributed by atoms with Crippen molar-refractivity contribution >= 4 is 17.5 Å². The monoisotopic (exact) mass is 313 g/mol. The Morgan fingerprint density at radius 2 is 1.70 bits per heavy atom. The smallest absolute Gasteiger partial charge is 0.365 e. The van der Waals surface area contributed by atoms with Gasteiger partial charge >= 0.3 is 5.97 Å². The molecule has 0 aliphatic heterocycles. The van der Waals surface area contributed by atoms with E-state index < -0.39 is 10.9 Å². The summed E-state index contributed by atoms with van der Waals surface area (Å²) in [4.78, 5) is 26.8. The molecular weight excluding hydrogens is 298 g/mol. The van der Waals surface area contributed by atoms with Crippen LogP contribution in [0, 0.1) is 24.0 Å². The first-order valence-electron chi connectivity index (χ1n) is 6.75. The predicted molar refractivity (Wildman–Crippen MR) is 85.2 cm³/mol. The molecule has 23 heavy (non-hydrogen) atoms. The van der Waals surface area contributed by atoms with Gasteiger partial charge in [-0.2, -0.15) is 0 Å². The summed E-state index contributed by atoms with van der Waals surface area (Å²) < 4.78 is 0. The van der Waals surface area contributed by atoms with Crippen molar-refractivity contribution in [2.24, 2.45) is 10.9 Å². The van der Waals surface area contributed by atoms with Crippen molar-refractivity contribution in [1.82, 2.24) is 0 Å². The molecule has 0 aliphatic rings. The molecule has 0 saturated heterocycles. The maximum Gasteiger partial charge on any atom is 0.365 e. The summed E-state index contributed by atoms with van der Waals surface area (Å²) in [7, 11) is 0. The lowest BCUT2D eigenvalue weighted by Crippen LogP contribution is -2.15. The first-order valence-corrected chi connectivity index (χ1v) is 6.75. The second-order valence-electron chi connectivity index (χ2n) is 4.96. The first kappa shape index (κ1) is 16.2. The number of nitrogens with zero attached hydrogens (tertiary/aromatic N) is 2. The van der Waals surface area contributed by atoms with Crippen molar-refractivity contribution in [2.45, 2.75) is 13.8 Å². The number of hydrogen-bond donors (Lipinski definition) is 1. The van der Waals surface area contributed by atoms with Gasteiger partial charge in [0, 0.05) is 17.7 Å². The summed E-state index contributed by atoms with van der Waals surface area (Å²) in [6, 6.07) is 10.6. The van der Waals surface area contributed by atoms with Crippen LogP contribution in [0.2, 0.25) is 0 Å². The molecule has 0 fully saturated rings. The summed E-state index contributed by atoms with van der Waals surface area (Å²) in [5.41, 5.74) is 8.46. The summed E-state index contributed by atoms with van der Waals surface area (Å²) >= 11 is 0. The van der Waals surface area contributed by atoms with Crippen LogP contribution < -0.4 is 5.73 Å². The van der Waals surface area contributed by atoms with Gasteiger partial charge in [-0.15, -0.1) is 0 Å². The third-order valence-electron chi connectivity index (χ3n) is 3.34. The number of carbonyl (C=O) groups excluding carboxylic acids is 1. The Bertz CT molecular complexity index is 782. The number of oxime groups is 1. The van der Waals surface area contributed by atoms with Gasteiger partial charge in [0.05, 0.1) is 10.5 Å². The Hall–Kier alpha value is -3.22. The van der Waals surface area contributed by atoms with Crippen molar-refractivity contribution in [3.05, 3.63) is 74.8 Å². The molecule has 2 aromatic carbocycles. The summed E-state index contributed by atoms with van der Waals surface area (Å²) in [6.07, 6.45) is 0. The van der Waals surface area contributed by atoms with Gasteiger partial charge in [0.2, 0.25) is 0 Å².